The van der Waals surface area contributed by atoms with Crippen LogP contribution in [0.1, 0.15) is 0 Å². The molecule has 5 heteroatoms. The van der Waals surface area contributed by atoms with Gasteiger partial charge in [-0.25, -0.2) is 8.78 Å². The molecule has 3 N–H and O–H groups in total. The van der Waals surface area contributed by atoms with Gasteiger partial charge in [0.15, 0.2) is 17.3 Å². The average molecular weight is 237 g/mol. The van der Waals surface area contributed by atoms with Crippen LogP contribution in [0.5, 0.6) is 17.2 Å². The standard InChI is InChI=1S/C12H9F2NO2/c13-7-1-3-11(9(14)5-7)17-12-4-2-8(16)6-10(12)15/h1-6,16H,15H2. The Labute approximate surface area is 96.1 Å². The Morgan fingerprint density at radius 2 is 1.71 bits per heavy atom. The van der Waals surface area contributed by atoms with E-state index in [9.17, 15) is 8.78 Å². The number of phenolic OH excluding ortho intramolecular Hbond substituents is 1. The molecule has 88 valence electrons. The van der Waals surface area contributed by atoms with Gasteiger partial charge in [-0.2, -0.15) is 0 Å². The Morgan fingerprint density at radius 3 is 2.35 bits per heavy atom. The number of phenols is 1. The molecular weight excluding hydrogens is 228 g/mol. The number of nitrogen functional groups attached to an aromatic ring is 1. The van der Waals surface area contributed by atoms with Crippen LogP contribution < -0.4 is 10.5 Å². The minimum Gasteiger partial charge on any atom is -0.508 e. The van der Waals surface area contributed by atoms with Gasteiger partial charge in [-0.3, -0.25) is 0 Å². The fourth-order valence-corrected chi connectivity index (χ4v) is 1.31. The van der Waals surface area contributed by atoms with Gasteiger partial charge in [0.2, 0.25) is 0 Å². The van der Waals surface area contributed by atoms with Gasteiger partial charge >= 0.3 is 0 Å². The predicted octanol–water partition coefficient (Wildman–Crippen LogP) is 3.04. The van der Waals surface area contributed by atoms with Crippen LogP contribution >= 0.6 is 0 Å². The molecule has 0 radical (unpaired) electrons. The van der Waals surface area contributed by atoms with Gasteiger partial charge < -0.3 is 15.6 Å². The topological polar surface area (TPSA) is 55.5 Å². The minimum atomic E-state index is -0.822. The van der Waals surface area contributed by atoms with Crippen LogP contribution in [0.2, 0.25) is 0 Å². The fourth-order valence-electron chi connectivity index (χ4n) is 1.31. The molecule has 0 aliphatic heterocycles. The highest BCUT2D eigenvalue weighted by atomic mass is 19.1. The lowest BCUT2D eigenvalue weighted by Gasteiger charge is -2.09. The first-order valence-corrected chi connectivity index (χ1v) is 4.77. The second-order valence-corrected chi connectivity index (χ2v) is 3.40. The van der Waals surface area contributed by atoms with E-state index in [1.54, 1.807) is 0 Å². The highest BCUT2D eigenvalue weighted by Crippen LogP contribution is 2.31. The summed E-state index contributed by atoms with van der Waals surface area (Å²) in [5.41, 5.74) is 5.73. The number of hydrogen-bond acceptors (Lipinski definition) is 3. The zero-order valence-electron chi connectivity index (χ0n) is 8.65. The van der Waals surface area contributed by atoms with E-state index in [2.05, 4.69) is 0 Å². The Kier molecular flexibility index (Phi) is 2.82. The molecule has 0 aliphatic carbocycles. The summed E-state index contributed by atoms with van der Waals surface area (Å²) in [5.74, 6) is -1.47. The molecule has 0 aromatic heterocycles. The van der Waals surface area contributed by atoms with Crippen LogP contribution in [0.3, 0.4) is 0 Å². The number of rotatable bonds is 2. The summed E-state index contributed by atoms with van der Waals surface area (Å²) in [6.45, 7) is 0. The molecule has 0 atom stereocenters. The number of nitrogens with two attached hydrogens (primary N) is 1. The number of halogens is 2. The van der Waals surface area contributed by atoms with Gasteiger partial charge in [0.05, 0.1) is 5.69 Å². The number of aromatic hydroxyl groups is 1. The van der Waals surface area contributed by atoms with Crippen molar-refractivity contribution in [1.82, 2.24) is 0 Å². The first-order valence-electron chi connectivity index (χ1n) is 4.77. The fraction of sp³-hybridized carbons (Fsp3) is 0. The molecule has 0 saturated carbocycles. The lowest BCUT2D eigenvalue weighted by molar-refractivity contribution is 0.436. The highest BCUT2D eigenvalue weighted by Gasteiger charge is 2.08. The number of hydrogen-bond donors (Lipinski definition) is 2. The van der Waals surface area contributed by atoms with Crippen molar-refractivity contribution in [2.24, 2.45) is 0 Å². The van der Waals surface area contributed by atoms with Crippen molar-refractivity contribution in [2.45, 2.75) is 0 Å². The largest absolute Gasteiger partial charge is 0.508 e. The molecule has 0 aliphatic rings. The molecule has 2 rings (SSSR count). The van der Waals surface area contributed by atoms with E-state index in [0.717, 1.165) is 12.1 Å². The van der Waals surface area contributed by atoms with Crippen LogP contribution in [-0.2, 0) is 0 Å². The van der Waals surface area contributed by atoms with E-state index in [4.69, 9.17) is 15.6 Å². The number of anilines is 1. The van der Waals surface area contributed by atoms with Gasteiger partial charge in [0.25, 0.3) is 0 Å². The third kappa shape index (κ3) is 2.44. The molecule has 0 amide bonds. The summed E-state index contributed by atoms with van der Waals surface area (Å²) in [6.07, 6.45) is 0. The third-order valence-electron chi connectivity index (χ3n) is 2.11. The van der Waals surface area contributed by atoms with Gasteiger partial charge in [-0.05, 0) is 24.3 Å². The second-order valence-electron chi connectivity index (χ2n) is 3.40. The van der Waals surface area contributed by atoms with Crippen molar-refractivity contribution in [1.29, 1.82) is 0 Å². The number of benzene rings is 2. The Bertz CT molecular complexity index is 509. The molecular formula is C12H9F2NO2. The lowest BCUT2D eigenvalue weighted by Crippen LogP contribution is -1.94. The van der Waals surface area contributed by atoms with E-state index in [-0.39, 0.29) is 22.9 Å². The van der Waals surface area contributed by atoms with E-state index in [1.165, 1.54) is 18.2 Å². The quantitative estimate of drug-likeness (QED) is 0.789. The van der Waals surface area contributed by atoms with Gasteiger partial charge in [0, 0.05) is 12.1 Å². The summed E-state index contributed by atoms with van der Waals surface area (Å²) in [5, 5.41) is 9.14. The first-order chi connectivity index (χ1) is 8.06. The van der Waals surface area contributed by atoms with Crippen molar-refractivity contribution >= 4 is 5.69 Å². The average Bonchev–Trinajstić information content (AvgIpc) is 2.25. The summed E-state index contributed by atoms with van der Waals surface area (Å²) in [4.78, 5) is 0. The summed E-state index contributed by atoms with van der Waals surface area (Å²) in [7, 11) is 0. The maximum absolute atomic E-state index is 13.3. The van der Waals surface area contributed by atoms with Gasteiger partial charge in [0.1, 0.15) is 11.6 Å². The van der Waals surface area contributed by atoms with Crippen LogP contribution in [0, 0.1) is 11.6 Å². The lowest BCUT2D eigenvalue weighted by atomic mass is 10.2. The summed E-state index contributed by atoms with van der Waals surface area (Å²) < 4.78 is 31.1. The van der Waals surface area contributed by atoms with Crippen LogP contribution in [0.25, 0.3) is 0 Å². The summed E-state index contributed by atoms with van der Waals surface area (Å²) >= 11 is 0. The molecule has 3 nitrogen and oxygen atoms in total. The minimum absolute atomic E-state index is 0.0190. The van der Waals surface area contributed by atoms with E-state index in [0.29, 0.717) is 6.07 Å². The normalized spacial score (nSPS) is 10.2. The van der Waals surface area contributed by atoms with E-state index >= 15 is 0 Å². The second kappa shape index (κ2) is 4.29. The van der Waals surface area contributed by atoms with Gasteiger partial charge in [-0.1, -0.05) is 0 Å². The third-order valence-corrected chi connectivity index (χ3v) is 2.11. The maximum atomic E-state index is 13.3. The molecule has 0 bridgehead atoms. The highest BCUT2D eigenvalue weighted by molar-refractivity contribution is 5.57. The Balaban J connectivity index is 2.31. The molecule has 0 saturated heterocycles. The predicted molar refractivity (Wildman–Crippen MR) is 59.0 cm³/mol. The Hall–Kier alpha value is -2.30. The zero-order valence-corrected chi connectivity index (χ0v) is 8.65. The van der Waals surface area contributed by atoms with Crippen molar-refractivity contribution in [3.8, 4) is 17.2 Å². The van der Waals surface area contributed by atoms with Gasteiger partial charge in [-0.15, -0.1) is 0 Å². The SMILES string of the molecule is Nc1cc(O)ccc1Oc1ccc(F)cc1F. The maximum Gasteiger partial charge on any atom is 0.168 e. The van der Waals surface area contributed by atoms with Crippen LogP contribution in [-0.4, -0.2) is 5.11 Å². The monoisotopic (exact) mass is 237 g/mol. The number of ether oxygens (including phenoxy) is 1. The van der Waals surface area contributed by atoms with Crippen molar-refractivity contribution in [3.05, 3.63) is 48.0 Å². The molecule has 0 spiro atoms. The zero-order chi connectivity index (χ0) is 12.4. The molecule has 0 unspecified atom stereocenters. The molecule has 2 aromatic carbocycles. The first kappa shape index (κ1) is 11.2. The van der Waals surface area contributed by atoms with E-state index in [1.807, 2.05) is 0 Å². The molecule has 0 fully saturated rings. The van der Waals surface area contributed by atoms with Crippen LogP contribution in [0.4, 0.5) is 14.5 Å². The summed E-state index contributed by atoms with van der Waals surface area (Å²) in [6, 6.07) is 6.98. The van der Waals surface area contributed by atoms with Crippen LogP contribution in [0.15, 0.2) is 36.4 Å². The van der Waals surface area contributed by atoms with Crippen molar-refractivity contribution in [2.75, 3.05) is 5.73 Å². The molecule has 17 heavy (non-hydrogen) atoms. The van der Waals surface area contributed by atoms with E-state index < -0.39 is 11.6 Å². The van der Waals surface area contributed by atoms with Crippen molar-refractivity contribution in [3.63, 3.8) is 0 Å². The Morgan fingerprint density at radius 1 is 1.00 bits per heavy atom. The molecule has 0 heterocycles. The molecule has 2 aromatic rings. The smallest absolute Gasteiger partial charge is 0.168 e. The van der Waals surface area contributed by atoms with Crippen molar-refractivity contribution < 1.29 is 18.6 Å².